The predicted octanol–water partition coefficient (Wildman–Crippen LogP) is 5.19. The largest absolute Gasteiger partial charge is 0.492 e. The minimum atomic E-state index is -0.236. The van der Waals surface area contributed by atoms with Gasteiger partial charge < -0.3 is 19.9 Å². The molecule has 0 atom stereocenters. The summed E-state index contributed by atoms with van der Waals surface area (Å²) in [6, 6.07) is 12.6. The van der Waals surface area contributed by atoms with Crippen LogP contribution in [0, 0.1) is 5.82 Å². The quantitative estimate of drug-likeness (QED) is 0.565. The molecule has 1 fully saturated rings. The lowest BCUT2D eigenvalue weighted by atomic mass is 9.87. The molecule has 0 aromatic heterocycles. The number of hydrogen-bond donors (Lipinski definition) is 1. The number of carbonyl (C=O) groups excluding carboxylic acids is 1. The molecular weight excluding hydrogens is 461 g/mol. The second-order valence-electron chi connectivity index (χ2n) is 8.78. The van der Waals surface area contributed by atoms with Crippen molar-refractivity contribution in [2.24, 2.45) is 0 Å². The van der Waals surface area contributed by atoms with E-state index in [0.29, 0.717) is 26.2 Å². The van der Waals surface area contributed by atoms with Crippen molar-refractivity contribution in [1.29, 1.82) is 0 Å². The molecule has 0 saturated carbocycles. The van der Waals surface area contributed by atoms with Crippen LogP contribution >= 0.6 is 15.9 Å². The van der Waals surface area contributed by atoms with Crippen LogP contribution in [0.4, 0.5) is 14.9 Å². The van der Waals surface area contributed by atoms with Crippen molar-refractivity contribution in [3.63, 3.8) is 0 Å². The van der Waals surface area contributed by atoms with E-state index in [1.54, 1.807) is 12.1 Å². The summed E-state index contributed by atoms with van der Waals surface area (Å²) in [6.07, 6.45) is 0.731. The lowest BCUT2D eigenvalue weighted by Gasteiger charge is -2.36. The number of nitrogens with zero attached hydrogens (tertiary/aromatic N) is 2. The number of urea groups is 1. The molecule has 7 heteroatoms. The van der Waals surface area contributed by atoms with Crippen LogP contribution in [0.2, 0.25) is 0 Å². The Morgan fingerprint density at radius 2 is 1.77 bits per heavy atom. The van der Waals surface area contributed by atoms with Gasteiger partial charge in [-0.25, -0.2) is 9.18 Å². The summed E-state index contributed by atoms with van der Waals surface area (Å²) in [5, 5.41) is 2.97. The highest BCUT2D eigenvalue weighted by Gasteiger charge is 2.21. The number of benzene rings is 2. The average molecular weight is 492 g/mol. The Hall–Kier alpha value is -2.28. The van der Waals surface area contributed by atoms with Gasteiger partial charge >= 0.3 is 6.03 Å². The van der Waals surface area contributed by atoms with Gasteiger partial charge in [0.2, 0.25) is 0 Å². The molecule has 2 aromatic rings. The molecule has 2 aromatic carbocycles. The lowest BCUT2D eigenvalue weighted by Crippen LogP contribution is -2.52. The molecule has 0 radical (unpaired) electrons. The van der Waals surface area contributed by atoms with E-state index in [1.807, 2.05) is 11.0 Å². The molecule has 0 bridgehead atoms. The maximum Gasteiger partial charge on any atom is 0.317 e. The van der Waals surface area contributed by atoms with E-state index >= 15 is 0 Å². The monoisotopic (exact) mass is 491 g/mol. The number of halogens is 2. The summed E-state index contributed by atoms with van der Waals surface area (Å²) in [7, 11) is 0. The highest BCUT2D eigenvalue weighted by Crippen LogP contribution is 2.31. The average Bonchev–Trinajstić information content (AvgIpc) is 2.74. The molecule has 2 amide bonds. The van der Waals surface area contributed by atoms with Crippen molar-refractivity contribution in [3.8, 4) is 5.75 Å². The van der Waals surface area contributed by atoms with Crippen LogP contribution in [-0.2, 0) is 5.41 Å². The Balaban J connectivity index is 1.35. The second-order valence-corrected chi connectivity index (χ2v) is 9.63. The Morgan fingerprint density at radius 3 is 2.39 bits per heavy atom. The van der Waals surface area contributed by atoms with Gasteiger partial charge in [0.15, 0.2) is 0 Å². The molecule has 3 rings (SSSR count). The first-order chi connectivity index (χ1) is 14.7. The minimum absolute atomic E-state index is 0.0468. The zero-order chi connectivity index (χ0) is 22.4. The lowest BCUT2D eigenvalue weighted by molar-refractivity contribution is 0.193. The normalized spacial score (nSPS) is 14.5. The van der Waals surface area contributed by atoms with Crippen LogP contribution in [-0.4, -0.2) is 50.3 Å². The number of amides is 2. The highest BCUT2D eigenvalue weighted by molar-refractivity contribution is 9.10. The molecule has 0 spiro atoms. The van der Waals surface area contributed by atoms with Gasteiger partial charge in [0, 0.05) is 38.4 Å². The third-order valence-corrected chi connectivity index (χ3v) is 6.03. The Morgan fingerprint density at radius 1 is 1.10 bits per heavy atom. The summed E-state index contributed by atoms with van der Waals surface area (Å²) in [5.41, 5.74) is 2.33. The minimum Gasteiger partial charge on any atom is -0.492 e. The van der Waals surface area contributed by atoms with Gasteiger partial charge in [-0.2, -0.15) is 0 Å². The van der Waals surface area contributed by atoms with Crippen LogP contribution in [0.25, 0.3) is 0 Å². The first-order valence-corrected chi connectivity index (χ1v) is 11.5. The van der Waals surface area contributed by atoms with Crippen molar-refractivity contribution in [2.45, 2.75) is 32.6 Å². The number of piperazine rings is 1. The van der Waals surface area contributed by atoms with Gasteiger partial charge in [-0.3, -0.25) is 0 Å². The number of hydrogen-bond acceptors (Lipinski definition) is 3. The molecule has 1 heterocycles. The second kappa shape index (κ2) is 10.4. The summed E-state index contributed by atoms with van der Waals surface area (Å²) in [4.78, 5) is 16.4. The van der Waals surface area contributed by atoms with E-state index in [-0.39, 0.29) is 17.3 Å². The van der Waals surface area contributed by atoms with Crippen molar-refractivity contribution >= 4 is 27.6 Å². The standard InChI is InChI=1S/C24H31BrFN3O2/c1-24(2,3)18-5-10-22(21(25)17-18)31-16-4-11-27-23(30)29-14-12-28(13-15-29)20-8-6-19(26)7-9-20/h5-10,17H,4,11-16H2,1-3H3,(H,27,30). The van der Waals surface area contributed by atoms with Crippen LogP contribution in [0.5, 0.6) is 5.75 Å². The fraction of sp³-hybridized carbons (Fsp3) is 0.458. The molecule has 0 aliphatic carbocycles. The van der Waals surface area contributed by atoms with Crippen LogP contribution < -0.4 is 15.0 Å². The van der Waals surface area contributed by atoms with E-state index < -0.39 is 0 Å². The number of rotatable bonds is 6. The third-order valence-electron chi connectivity index (χ3n) is 5.41. The van der Waals surface area contributed by atoms with Gasteiger partial charge in [0.25, 0.3) is 0 Å². The first kappa shape index (κ1) is 23.4. The maximum atomic E-state index is 13.1. The van der Waals surface area contributed by atoms with Crippen LogP contribution in [0.3, 0.4) is 0 Å². The van der Waals surface area contributed by atoms with E-state index in [4.69, 9.17) is 4.74 Å². The van der Waals surface area contributed by atoms with Gasteiger partial charge in [-0.1, -0.05) is 26.8 Å². The van der Waals surface area contributed by atoms with E-state index in [2.05, 4.69) is 59.1 Å². The summed E-state index contributed by atoms with van der Waals surface area (Å²) in [5.74, 6) is 0.580. The van der Waals surface area contributed by atoms with Gasteiger partial charge in [0.05, 0.1) is 11.1 Å². The molecule has 1 aliphatic heterocycles. The third kappa shape index (κ3) is 6.60. The first-order valence-electron chi connectivity index (χ1n) is 10.7. The molecule has 5 nitrogen and oxygen atoms in total. The van der Waals surface area contributed by atoms with E-state index in [1.165, 1.54) is 17.7 Å². The number of nitrogens with one attached hydrogen (secondary N) is 1. The molecule has 1 aliphatic rings. The Kier molecular flexibility index (Phi) is 7.81. The fourth-order valence-corrected chi connectivity index (χ4v) is 3.96. The number of anilines is 1. The fourth-order valence-electron chi connectivity index (χ4n) is 3.47. The summed E-state index contributed by atoms with van der Waals surface area (Å²) < 4.78 is 19.9. The summed E-state index contributed by atoms with van der Waals surface area (Å²) >= 11 is 3.59. The zero-order valence-corrected chi connectivity index (χ0v) is 20.0. The van der Waals surface area contributed by atoms with Gasteiger partial charge in [-0.05, 0) is 69.7 Å². The predicted molar refractivity (Wildman–Crippen MR) is 127 cm³/mol. The van der Waals surface area contributed by atoms with Crippen molar-refractivity contribution in [2.75, 3.05) is 44.2 Å². The van der Waals surface area contributed by atoms with Crippen LogP contribution in [0.15, 0.2) is 46.9 Å². The topological polar surface area (TPSA) is 44.8 Å². The van der Waals surface area contributed by atoms with Crippen LogP contribution in [0.1, 0.15) is 32.8 Å². The highest BCUT2D eigenvalue weighted by atomic mass is 79.9. The van der Waals surface area contributed by atoms with E-state index in [9.17, 15) is 9.18 Å². The van der Waals surface area contributed by atoms with Gasteiger partial charge in [0.1, 0.15) is 11.6 Å². The van der Waals surface area contributed by atoms with Gasteiger partial charge in [-0.15, -0.1) is 0 Å². The molecule has 0 unspecified atom stereocenters. The smallest absolute Gasteiger partial charge is 0.317 e. The summed E-state index contributed by atoms with van der Waals surface area (Å²) in [6.45, 7) is 10.4. The van der Waals surface area contributed by atoms with E-state index in [0.717, 1.165) is 35.4 Å². The SMILES string of the molecule is CC(C)(C)c1ccc(OCCCNC(=O)N2CCN(c3ccc(F)cc3)CC2)c(Br)c1. The molecule has 31 heavy (non-hydrogen) atoms. The zero-order valence-electron chi connectivity index (χ0n) is 18.5. The molecule has 1 saturated heterocycles. The molecular formula is C24H31BrFN3O2. The maximum absolute atomic E-state index is 13.1. The number of carbonyl (C=O) groups is 1. The number of ether oxygens (including phenoxy) is 1. The molecule has 1 N–H and O–H groups in total. The van der Waals surface area contributed by atoms with Crippen molar-refractivity contribution in [1.82, 2.24) is 10.2 Å². The molecule has 168 valence electrons. The Labute approximate surface area is 192 Å². The van der Waals surface area contributed by atoms with Crippen molar-refractivity contribution < 1.29 is 13.9 Å². The van der Waals surface area contributed by atoms with Crippen molar-refractivity contribution in [3.05, 3.63) is 58.3 Å². The Bertz CT molecular complexity index is 875.